The molecule has 2 aliphatic rings. The molecule has 0 radical (unpaired) electrons. The minimum Gasteiger partial charge on any atom is -0.349 e. The Kier molecular flexibility index (Phi) is 4.09. The van der Waals surface area contributed by atoms with Gasteiger partial charge in [-0.2, -0.15) is 0 Å². The molecule has 0 bridgehead atoms. The van der Waals surface area contributed by atoms with Crippen LogP contribution in [-0.2, 0) is 4.79 Å². The van der Waals surface area contributed by atoms with Crippen molar-refractivity contribution in [3.63, 3.8) is 0 Å². The van der Waals surface area contributed by atoms with Crippen LogP contribution in [0.1, 0.15) is 33.6 Å². The van der Waals surface area contributed by atoms with Crippen LogP contribution < -0.4 is 5.32 Å². The molecule has 1 heterocycles. The second kappa shape index (κ2) is 6.17. The first-order valence-electron chi connectivity index (χ1n) is 7.57. The van der Waals surface area contributed by atoms with Crippen molar-refractivity contribution in [3.8, 4) is 0 Å². The molecular formula is C16H19N3O3. The summed E-state index contributed by atoms with van der Waals surface area (Å²) in [5.41, 5.74) is 1.15. The van der Waals surface area contributed by atoms with Crippen LogP contribution in [0.4, 0.5) is 0 Å². The first kappa shape index (κ1) is 14.6. The van der Waals surface area contributed by atoms with E-state index in [9.17, 15) is 14.4 Å². The molecule has 1 aliphatic carbocycles. The minimum atomic E-state index is -0.0823. The molecule has 3 amide bonds. The first-order valence-corrected chi connectivity index (χ1v) is 7.57. The number of piperazine rings is 1. The summed E-state index contributed by atoms with van der Waals surface area (Å²) in [6.45, 7) is 2.22. The summed E-state index contributed by atoms with van der Waals surface area (Å²) in [7, 11) is 0. The Bertz CT molecular complexity index is 573. The fraction of sp³-hybridized carbons (Fsp3) is 0.438. The molecule has 0 spiro atoms. The van der Waals surface area contributed by atoms with Gasteiger partial charge in [-0.1, -0.05) is 0 Å². The Balaban J connectivity index is 1.60. The van der Waals surface area contributed by atoms with Gasteiger partial charge in [0, 0.05) is 43.3 Å². The van der Waals surface area contributed by atoms with Gasteiger partial charge >= 0.3 is 0 Å². The standard InChI is InChI=1S/C16H19N3O3/c20-11-18-7-9-19(10-8-18)16(22)13-3-1-12(2-4-13)15(21)17-14-5-6-14/h1-4,11,14H,5-10H2,(H,17,21). The van der Waals surface area contributed by atoms with E-state index in [2.05, 4.69) is 5.32 Å². The molecule has 1 aromatic carbocycles. The third-order valence-corrected chi connectivity index (χ3v) is 4.06. The summed E-state index contributed by atoms with van der Waals surface area (Å²) < 4.78 is 0. The normalized spacial score (nSPS) is 18.0. The predicted molar refractivity (Wildman–Crippen MR) is 80.5 cm³/mol. The molecule has 1 aromatic rings. The van der Waals surface area contributed by atoms with Gasteiger partial charge in [0.2, 0.25) is 6.41 Å². The zero-order valence-corrected chi connectivity index (χ0v) is 12.3. The summed E-state index contributed by atoms with van der Waals surface area (Å²) in [4.78, 5) is 38.4. The highest BCUT2D eigenvalue weighted by Gasteiger charge is 2.24. The van der Waals surface area contributed by atoms with E-state index < -0.39 is 0 Å². The van der Waals surface area contributed by atoms with Gasteiger partial charge in [0.1, 0.15) is 0 Å². The van der Waals surface area contributed by atoms with Crippen LogP contribution in [0.25, 0.3) is 0 Å². The topological polar surface area (TPSA) is 69.7 Å². The Morgan fingerprint density at radius 1 is 1.00 bits per heavy atom. The van der Waals surface area contributed by atoms with Crippen LogP contribution in [-0.4, -0.2) is 60.2 Å². The minimum absolute atomic E-state index is 0.0558. The molecule has 1 aliphatic heterocycles. The van der Waals surface area contributed by atoms with Crippen molar-refractivity contribution in [3.05, 3.63) is 35.4 Å². The highest BCUT2D eigenvalue weighted by molar-refractivity contribution is 5.98. The second-order valence-electron chi connectivity index (χ2n) is 5.76. The number of benzene rings is 1. The molecule has 0 atom stereocenters. The second-order valence-corrected chi connectivity index (χ2v) is 5.76. The third-order valence-electron chi connectivity index (χ3n) is 4.06. The number of hydrogen-bond donors (Lipinski definition) is 1. The van der Waals surface area contributed by atoms with Gasteiger partial charge in [-0.3, -0.25) is 14.4 Å². The Morgan fingerprint density at radius 2 is 1.59 bits per heavy atom. The maximum Gasteiger partial charge on any atom is 0.253 e. The summed E-state index contributed by atoms with van der Waals surface area (Å²) in [5.74, 6) is -0.138. The molecule has 6 nitrogen and oxygen atoms in total. The van der Waals surface area contributed by atoms with Crippen LogP contribution in [0.3, 0.4) is 0 Å². The van der Waals surface area contributed by atoms with Crippen molar-refractivity contribution in [2.75, 3.05) is 26.2 Å². The summed E-state index contributed by atoms with van der Waals surface area (Å²) in [6, 6.07) is 7.08. The Morgan fingerprint density at radius 3 is 2.14 bits per heavy atom. The molecule has 1 saturated carbocycles. The molecule has 2 fully saturated rings. The maximum absolute atomic E-state index is 12.4. The predicted octanol–water partition coefficient (Wildman–Crippen LogP) is 0.493. The summed E-state index contributed by atoms with van der Waals surface area (Å²) in [5, 5.41) is 2.92. The van der Waals surface area contributed by atoms with E-state index in [1.165, 1.54) is 0 Å². The summed E-state index contributed by atoms with van der Waals surface area (Å²) >= 11 is 0. The quantitative estimate of drug-likeness (QED) is 0.823. The Hall–Kier alpha value is -2.37. The molecule has 1 saturated heterocycles. The van der Waals surface area contributed by atoms with Gasteiger partial charge in [0.15, 0.2) is 0 Å². The molecule has 116 valence electrons. The monoisotopic (exact) mass is 301 g/mol. The van der Waals surface area contributed by atoms with Crippen LogP contribution in [0.2, 0.25) is 0 Å². The summed E-state index contributed by atoms with van der Waals surface area (Å²) in [6.07, 6.45) is 2.92. The van der Waals surface area contributed by atoms with Crippen LogP contribution in [0.15, 0.2) is 24.3 Å². The van der Waals surface area contributed by atoms with Crippen molar-refractivity contribution in [2.45, 2.75) is 18.9 Å². The average molecular weight is 301 g/mol. The van der Waals surface area contributed by atoms with Crippen molar-refractivity contribution < 1.29 is 14.4 Å². The number of hydrogen-bond acceptors (Lipinski definition) is 3. The van der Waals surface area contributed by atoms with Crippen molar-refractivity contribution in [2.24, 2.45) is 0 Å². The van der Waals surface area contributed by atoms with Gasteiger partial charge in [0.05, 0.1) is 0 Å². The smallest absolute Gasteiger partial charge is 0.253 e. The zero-order valence-electron chi connectivity index (χ0n) is 12.3. The SMILES string of the molecule is O=CN1CCN(C(=O)c2ccc(C(=O)NC3CC3)cc2)CC1. The molecular weight excluding hydrogens is 282 g/mol. The van der Waals surface area contributed by atoms with E-state index in [1.807, 2.05) is 0 Å². The number of nitrogens with one attached hydrogen (secondary N) is 1. The highest BCUT2D eigenvalue weighted by Crippen LogP contribution is 2.19. The van der Waals surface area contributed by atoms with Crippen LogP contribution in [0.5, 0.6) is 0 Å². The highest BCUT2D eigenvalue weighted by atomic mass is 16.2. The molecule has 0 unspecified atom stereocenters. The van der Waals surface area contributed by atoms with Crippen molar-refractivity contribution in [1.82, 2.24) is 15.1 Å². The fourth-order valence-electron chi connectivity index (χ4n) is 2.47. The largest absolute Gasteiger partial charge is 0.349 e. The molecule has 22 heavy (non-hydrogen) atoms. The van der Waals surface area contributed by atoms with E-state index in [1.54, 1.807) is 34.1 Å². The van der Waals surface area contributed by atoms with Gasteiger partial charge < -0.3 is 15.1 Å². The zero-order chi connectivity index (χ0) is 15.5. The van der Waals surface area contributed by atoms with E-state index >= 15 is 0 Å². The molecule has 6 heteroatoms. The van der Waals surface area contributed by atoms with E-state index in [0.717, 1.165) is 19.3 Å². The van der Waals surface area contributed by atoms with Gasteiger partial charge in [0.25, 0.3) is 11.8 Å². The van der Waals surface area contributed by atoms with Crippen molar-refractivity contribution >= 4 is 18.2 Å². The van der Waals surface area contributed by atoms with E-state index in [0.29, 0.717) is 43.3 Å². The number of rotatable bonds is 4. The first-order chi connectivity index (χ1) is 10.7. The lowest BCUT2D eigenvalue weighted by molar-refractivity contribution is -0.119. The number of amides is 3. The van der Waals surface area contributed by atoms with Gasteiger partial charge in [-0.25, -0.2) is 0 Å². The Labute approximate surface area is 129 Å². The van der Waals surface area contributed by atoms with Gasteiger partial charge in [-0.15, -0.1) is 0 Å². The number of carbonyl (C=O) groups excluding carboxylic acids is 3. The number of nitrogens with zero attached hydrogens (tertiary/aromatic N) is 2. The van der Waals surface area contributed by atoms with Crippen molar-refractivity contribution in [1.29, 1.82) is 0 Å². The molecule has 1 N–H and O–H groups in total. The third kappa shape index (κ3) is 3.27. The fourth-order valence-corrected chi connectivity index (χ4v) is 2.47. The lowest BCUT2D eigenvalue weighted by atomic mass is 10.1. The van der Waals surface area contributed by atoms with E-state index in [-0.39, 0.29) is 11.8 Å². The van der Waals surface area contributed by atoms with Crippen LogP contribution >= 0.6 is 0 Å². The van der Waals surface area contributed by atoms with E-state index in [4.69, 9.17) is 0 Å². The number of carbonyl (C=O) groups is 3. The lowest BCUT2D eigenvalue weighted by Gasteiger charge is -2.32. The maximum atomic E-state index is 12.4. The average Bonchev–Trinajstić information content (AvgIpc) is 3.38. The lowest BCUT2D eigenvalue weighted by Crippen LogP contribution is -2.48. The molecule has 3 rings (SSSR count). The van der Waals surface area contributed by atoms with Gasteiger partial charge in [-0.05, 0) is 37.1 Å². The van der Waals surface area contributed by atoms with Crippen LogP contribution in [0, 0.1) is 0 Å². The molecule has 0 aromatic heterocycles.